The maximum absolute atomic E-state index is 5.46. The Labute approximate surface area is 72.1 Å². The summed E-state index contributed by atoms with van der Waals surface area (Å²) in [4.78, 5) is 0. The molecule has 0 heterocycles. The Bertz CT molecular complexity index is 55.7. The van der Waals surface area contributed by atoms with E-state index in [1.807, 2.05) is 8.93 Å². The van der Waals surface area contributed by atoms with Crippen molar-refractivity contribution in [3.63, 3.8) is 0 Å². The van der Waals surface area contributed by atoms with Crippen LogP contribution in [-0.2, 0) is 4.74 Å². The molecule has 0 aromatic rings. The molecule has 0 fully saturated rings. The molecule has 0 saturated carbocycles. The second kappa shape index (κ2) is 10.1. The molecule has 0 rings (SSSR count). The van der Waals surface area contributed by atoms with Crippen LogP contribution >= 0.6 is 28.8 Å². The van der Waals surface area contributed by atoms with Gasteiger partial charge < -0.3 is 4.74 Å². The number of hydrogen-bond donors (Lipinski definition) is 0. The molecule has 0 radical (unpaired) electrons. The van der Waals surface area contributed by atoms with Crippen molar-refractivity contribution >= 4 is 28.8 Å². The summed E-state index contributed by atoms with van der Waals surface area (Å²) in [5.41, 5.74) is 0. The zero-order valence-corrected chi connectivity index (χ0v) is 9.41. The predicted molar refractivity (Wildman–Crippen MR) is 55.1 cm³/mol. The van der Waals surface area contributed by atoms with E-state index in [0.717, 1.165) is 33.8 Å². The minimum Gasteiger partial charge on any atom is -0.381 e. The number of alkyl halides is 1. The molecular weight excluding hydrogens is 185 g/mol. The maximum atomic E-state index is 5.46. The van der Waals surface area contributed by atoms with E-state index in [9.17, 15) is 0 Å². The van der Waals surface area contributed by atoms with Crippen LogP contribution in [0.1, 0.15) is 12.8 Å². The highest BCUT2D eigenvalue weighted by Crippen LogP contribution is 2.19. The smallest absolute Gasteiger partial charge is 0.0477 e. The first kappa shape index (κ1) is 11.1. The quantitative estimate of drug-likeness (QED) is 0.349. The first-order chi connectivity index (χ1) is 4.91. The minimum absolute atomic E-state index is 0.719. The molecule has 1 nitrogen and oxygen atoms in total. The summed E-state index contributed by atoms with van der Waals surface area (Å²) >= 11 is 5.46. The average molecular weight is 202 g/mol. The van der Waals surface area contributed by atoms with Gasteiger partial charge in [-0.1, -0.05) is 0 Å². The van der Waals surface area contributed by atoms with E-state index in [-0.39, 0.29) is 0 Å². The van der Waals surface area contributed by atoms with Crippen LogP contribution in [0.2, 0.25) is 0 Å². The Balaban J connectivity index is 2.65. The normalized spacial score (nSPS) is 11.7. The summed E-state index contributed by atoms with van der Waals surface area (Å²) in [6.07, 6.45) is 3.52. The Morgan fingerprint density at radius 1 is 1.30 bits per heavy atom. The van der Waals surface area contributed by atoms with Crippen LogP contribution < -0.4 is 0 Å². The van der Waals surface area contributed by atoms with Gasteiger partial charge in [-0.05, 0) is 21.8 Å². The van der Waals surface area contributed by atoms with Crippen molar-refractivity contribution in [2.45, 2.75) is 12.8 Å². The number of rotatable bonds is 7. The highest BCUT2D eigenvalue weighted by molar-refractivity contribution is 8.02. The predicted octanol–water partition coefficient (Wildman–Crippen LogP) is 2.22. The van der Waals surface area contributed by atoms with Gasteiger partial charge in [-0.25, -0.2) is 0 Å². The standard InChI is InChI=1S/C6H15ClOP2/c7-3-1-4-8-5-2-6-10-9/h10H,1-6,9H2/p+1. The molecule has 0 spiro atoms. The lowest BCUT2D eigenvalue weighted by Gasteiger charge is -1.99. The van der Waals surface area contributed by atoms with Crippen LogP contribution in [0.4, 0.5) is 0 Å². The third kappa shape index (κ3) is 9.11. The molecule has 0 aliphatic rings. The topological polar surface area (TPSA) is 9.23 Å². The summed E-state index contributed by atoms with van der Waals surface area (Å²) in [5.74, 6) is 0.719. The Kier molecular flexibility index (Phi) is 11.2. The second-order valence-corrected chi connectivity index (χ2v) is 4.89. The molecular formula is C6H16ClOP2+. The largest absolute Gasteiger partial charge is 0.381 e. The SMILES string of the molecule is [PH3+]PCCCOCCCCl. The first-order valence-electron chi connectivity index (χ1n) is 3.55. The van der Waals surface area contributed by atoms with Crippen molar-refractivity contribution in [1.82, 2.24) is 0 Å². The lowest BCUT2D eigenvalue weighted by Crippen LogP contribution is -1.97. The van der Waals surface area contributed by atoms with Gasteiger partial charge in [0.2, 0.25) is 0 Å². The molecule has 62 valence electrons. The van der Waals surface area contributed by atoms with Crippen LogP contribution in [0.25, 0.3) is 0 Å². The Morgan fingerprint density at radius 3 is 2.60 bits per heavy atom. The number of halogens is 1. The monoisotopic (exact) mass is 201 g/mol. The molecule has 0 aromatic heterocycles. The molecule has 2 unspecified atom stereocenters. The van der Waals surface area contributed by atoms with Gasteiger partial charge in [-0.3, -0.25) is 0 Å². The zero-order valence-electron chi connectivity index (χ0n) is 6.24. The maximum Gasteiger partial charge on any atom is 0.0477 e. The van der Waals surface area contributed by atoms with Crippen molar-refractivity contribution in [1.29, 1.82) is 0 Å². The van der Waals surface area contributed by atoms with Gasteiger partial charge in [-0.15, -0.1) is 11.6 Å². The van der Waals surface area contributed by atoms with E-state index in [1.165, 1.54) is 12.6 Å². The summed E-state index contributed by atoms with van der Waals surface area (Å²) in [6, 6.07) is 0. The third-order valence-corrected chi connectivity index (χ3v) is 3.10. The summed E-state index contributed by atoms with van der Waals surface area (Å²) in [5, 5.41) is 0. The molecule has 0 N–H and O–H groups in total. The number of ether oxygens (including phenoxy) is 1. The van der Waals surface area contributed by atoms with Crippen LogP contribution in [0.15, 0.2) is 0 Å². The fourth-order valence-corrected chi connectivity index (χ4v) is 1.81. The lowest BCUT2D eigenvalue weighted by molar-refractivity contribution is 0.136. The van der Waals surface area contributed by atoms with Gasteiger partial charge in [0.15, 0.2) is 0 Å². The van der Waals surface area contributed by atoms with E-state index in [1.54, 1.807) is 0 Å². The van der Waals surface area contributed by atoms with Crippen molar-refractivity contribution < 1.29 is 4.74 Å². The molecule has 0 saturated heterocycles. The molecule has 10 heavy (non-hydrogen) atoms. The van der Waals surface area contributed by atoms with E-state index in [4.69, 9.17) is 16.3 Å². The van der Waals surface area contributed by atoms with Gasteiger partial charge in [0.05, 0.1) is 0 Å². The lowest BCUT2D eigenvalue weighted by atomic mass is 10.5. The van der Waals surface area contributed by atoms with Crippen LogP contribution in [0, 0.1) is 0 Å². The van der Waals surface area contributed by atoms with E-state index >= 15 is 0 Å². The average Bonchev–Trinajstić information content (AvgIpc) is 1.97. The van der Waals surface area contributed by atoms with E-state index < -0.39 is 0 Å². The molecule has 0 aliphatic heterocycles. The van der Waals surface area contributed by atoms with Crippen LogP contribution in [0.5, 0.6) is 0 Å². The fourth-order valence-electron chi connectivity index (χ4n) is 0.558. The van der Waals surface area contributed by atoms with Crippen molar-refractivity contribution in [3.05, 3.63) is 0 Å². The molecule has 0 amide bonds. The molecule has 0 bridgehead atoms. The first-order valence-corrected chi connectivity index (χ1v) is 7.62. The molecule has 4 heteroatoms. The highest BCUT2D eigenvalue weighted by Gasteiger charge is 1.88. The van der Waals surface area contributed by atoms with Gasteiger partial charge >= 0.3 is 0 Å². The van der Waals surface area contributed by atoms with Gasteiger partial charge in [0, 0.05) is 33.5 Å². The highest BCUT2D eigenvalue weighted by atomic mass is 35.5. The van der Waals surface area contributed by atoms with Crippen LogP contribution in [-0.4, -0.2) is 25.3 Å². The van der Waals surface area contributed by atoms with E-state index in [0.29, 0.717) is 0 Å². The zero-order chi connectivity index (χ0) is 7.66. The van der Waals surface area contributed by atoms with E-state index in [2.05, 4.69) is 0 Å². The van der Waals surface area contributed by atoms with Gasteiger partial charge in [0.1, 0.15) is 0 Å². The van der Waals surface area contributed by atoms with Crippen LogP contribution in [0.3, 0.4) is 0 Å². The summed E-state index contributed by atoms with van der Waals surface area (Å²) < 4.78 is 5.30. The second-order valence-electron chi connectivity index (χ2n) is 2.01. The Hall–Kier alpha value is 1.11. The van der Waals surface area contributed by atoms with Gasteiger partial charge in [0.25, 0.3) is 0 Å². The summed E-state index contributed by atoms with van der Waals surface area (Å²) in [6.45, 7) is 1.75. The fraction of sp³-hybridized carbons (Fsp3) is 1.00. The Morgan fingerprint density at radius 2 is 2.00 bits per heavy atom. The summed E-state index contributed by atoms with van der Waals surface area (Å²) in [7, 11) is 3.14. The van der Waals surface area contributed by atoms with Crippen molar-refractivity contribution in [3.8, 4) is 0 Å². The third-order valence-electron chi connectivity index (χ3n) is 1.06. The van der Waals surface area contributed by atoms with Crippen molar-refractivity contribution in [2.24, 2.45) is 0 Å². The molecule has 2 atom stereocenters. The number of hydrogen-bond acceptors (Lipinski definition) is 1. The van der Waals surface area contributed by atoms with Crippen molar-refractivity contribution in [2.75, 3.05) is 25.3 Å². The van der Waals surface area contributed by atoms with Gasteiger partial charge in [-0.2, -0.15) is 0 Å². The minimum atomic E-state index is 0.719. The molecule has 0 aliphatic carbocycles. The molecule has 0 aromatic carbocycles.